The van der Waals surface area contributed by atoms with Crippen molar-refractivity contribution in [3.8, 4) is 11.1 Å². The lowest BCUT2D eigenvalue weighted by Gasteiger charge is -2.37. The molecule has 1 aliphatic heterocycles. The van der Waals surface area contributed by atoms with Gasteiger partial charge in [0, 0.05) is 40.8 Å². The van der Waals surface area contributed by atoms with Crippen LogP contribution in [0.3, 0.4) is 0 Å². The second kappa shape index (κ2) is 6.61. The number of hydrogen-bond acceptors (Lipinski definition) is 4. The lowest BCUT2D eigenvalue weighted by molar-refractivity contribution is 0.644. The van der Waals surface area contributed by atoms with Gasteiger partial charge in [-0.25, -0.2) is 4.98 Å². The molecule has 0 bridgehead atoms. The Kier molecular flexibility index (Phi) is 3.84. The molecule has 0 radical (unpaired) electrons. The van der Waals surface area contributed by atoms with Crippen LogP contribution < -0.4 is 9.80 Å². The average molecular weight is 406 g/mol. The van der Waals surface area contributed by atoms with Gasteiger partial charge in [0.25, 0.3) is 0 Å². The quantitative estimate of drug-likeness (QED) is 0.304. The summed E-state index contributed by atoms with van der Waals surface area (Å²) in [6.07, 6.45) is 1.86. The summed E-state index contributed by atoms with van der Waals surface area (Å²) in [5, 5.41) is 2.14. The second-order valence-electron chi connectivity index (χ2n) is 8.21. The molecule has 6 rings (SSSR count). The summed E-state index contributed by atoms with van der Waals surface area (Å²) in [6, 6.07) is 25.7. The molecular weight excluding hydrogens is 382 g/mol. The van der Waals surface area contributed by atoms with E-state index in [-0.39, 0.29) is 6.17 Å². The summed E-state index contributed by atoms with van der Waals surface area (Å²) >= 11 is 0. The number of furan rings is 1. The molecule has 1 atom stereocenters. The Morgan fingerprint density at radius 2 is 1.52 bits per heavy atom. The number of aromatic nitrogens is 1. The van der Waals surface area contributed by atoms with Crippen LogP contribution in [-0.4, -0.2) is 18.2 Å². The number of rotatable bonds is 1. The minimum absolute atomic E-state index is 0.0790. The first kappa shape index (κ1) is 18.0. The van der Waals surface area contributed by atoms with E-state index in [0.29, 0.717) is 5.71 Å². The zero-order chi connectivity index (χ0) is 21.1. The Bertz CT molecular complexity index is 1450. The number of anilines is 3. The Balaban J connectivity index is 1.70. The zero-order valence-corrected chi connectivity index (χ0v) is 17.8. The number of hydrogen-bond donors (Lipinski definition) is 0. The molecule has 5 aromatic rings. The minimum atomic E-state index is 0.0790. The number of pyridine rings is 1. The fraction of sp³-hybridized carbons (Fsp3) is 0.148. The van der Waals surface area contributed by atoms with Gasteiger partial charge in [0.1, 0.15) is 6.17 Å². The summed E-state index contributed by atoms with van der Waals surface area (Å²) in [5.74, 6) is 0. The van der Waals surface area contributed by atoms with Crippen LogP contribution in [0, 0.1) is 6.92 Å². The molecule has 0 saturated heterocycles. The molecular formula is C27H23N3O. The van der Waals surface area contributed by atoms with E-state index < -0.39 is 0 Å². The smallest absolute Gasteiger partial charge is 0.227 e. The van der Waals surface area contributed by atoms with E-state index >= 15 is 0 Å². The van der Waals surface area contributed by atoms with Crippen LogP contribution in [0.5, 0.6) is 0 Å². The highest BCUT2D eigenvalue weighted by Crippen LogP contribution is 2.48. The summed E-state index contributed by atoms with van der Waals surface area (Å²) < 4.78 is 6.36. The number of fused-ring (bicyclic) bond motifs is 6. The fourth-order valence-corrected chi connectivity index (χ4v) is 4.86. The van der Waals surface area contributed by atoms with Crippen molar-refractivity contribution in [3.63, 3.8) is 0 Å². The molecule has 1 aliphatic rings. The highest BCUT2D eigenvalue weighted by atomic mass is 16.3. The number of benzene rings is 3. The van der Waals surface area contributed by atoms with Gasteiger partial charge in [0.2, 0.25) is 5.71 Å². The van der Waals surface area contributed by atoms with Crippen LogP contribution in [-0.2, 0) is 0 Å². The van der Waals surface area contributed by atoms with Crippen LogP contribution in [0.15, 0.2) is 83.4 Å². The number of nitrogens with zero attached hydrogens (tertiary/aromatic N) is 3. The van der Waals surface area contributed by atoms with Crippen LogP contribution >= 0.6 is 0 Å². The predicted molar refractivity (Wildman–Crippen MR) is 128 cm³/mol. The van der Waals surface area contributed by atoms with Crippen molar-refractivity contribution in [2.24, 2.45) is 0 Å². The normalized spacial score (nSPS) is 15.8. The Labute approximate surface area is 181 Å². The molecule has 0 spiro atoms. The van der Waals surface area contributed by atoms with Gasteiger partial charge in [-0.3, -0.25) is 0 Å². The van der Waals surface area contributed by atoms with Gasteiger partial charge in [0.05, 0.1) is 11.4 Å². The number of para-hydroxylation sites is 2. The zero-order valence-electron chi connectivity index (χ0n) is 17.8. The molecule has 0 aliphatic carbocycles. The van der Waals surface area contributed by atoms with Gasteiger partial charge in [-0.2, -0.15) is 0 Å². The molecule has 152 valence electrons. The molecule has 3 heterocycles. The van der Waals surface area contributed by atoms with Gasteiger partial charge in [-0.05, 0) is 43.7 Å². The second-order valence-corrected chi connectivity index (χ2v) is 8.21. The van der Waals surface area contributed by atoms with Gasteiger partial charge >= 0.3 is 0 Å². The Hall–Kier alpha value is -3.79. The van der Waals surface area contributed by atoms with E-state index in [2.05, 4.69) is 102 Å². The standard InChI is InChI=1S/C27H23N3O/c1-17-14-15-21-22-11-8-16-28-27(22)31-26(21)25(17)30-18(2)29(3)23-12-6-4-9-19(23)20-10-5-7-13-24(20)30/h4-16,18H,1-3H3. The van der Waals surface area contributed by atoms with Gasteiger partial charge < -0.3 is 14.2 Å². The third-order valence-electron chi connectivity index (χ3n) is 6.51. The first-order chi connectivity index (χ1) is 15.1. The van der Waals surface area contributed by atoms with E-state index in [4.69, 9.17) is 4.42 Å². The van der Waals surface area contributed by atoms with Gasteiger partial charge in [-0.15, -0.1) is 0 Å². The summed E-state index contributed by atoms with van der Waals surface area (Å²) in [4.78, 5) is 9.22. The van der Waals surface area contributed by atoms with Crippen molar-refractivity contribution in [1.82, 2.24) is 4.98 Å². The maximum Gasteiger partial charge on any atom is 0.227 e. The topological polar surface area (TPSA) is 32.5 Å². The first-order valence-electron chi connectivity index (χ1n) is 10.6. The van der Waals surface area contributed by atoms with Crippen molar-refractivity contribution < 1.29 is 4.42 Å². The van der Waals surface area contributed by atoms with Gasteiger partial charge in [0.15, 0.2) is 5.58 Å². The molecule has 4 nitrogen and oxygen atoms in total. The Morgan fingerprint density at radius 1 is 0.806 bits per heavy atom. The first-order valence-corrected chi connectivity index (χ1v) is 10.6. The monoisotopic (exact) mass is 405 g/mol. The molecule has 0 N–H and O–H groups in total. The van der Waals surface area contributed by atoms with Crippen molar-refractivity contribution >= 4 is 39.1 Å². The third-order valence-corrected chi connectivity index (χ3v) is 6.51. The van der Waals surface area contributed by atoms with Crippen molar-refractivity contribution in [3.05, 3.63) is 84.6 Å². The van der Waals surface area contributed by atoms with E-state index in [1.165, 1.54) is 28.1 Å². The molecule has 0 fully saturated rings. The summed E-state index contributed by atoms with van der Waals surface area (Å²) in [5.41, 5.74) is 8.69. The Morgan fingerprint density at radius 3 is 2.32 bits per heavy atom. The highest BCUT2D eigenvalue weighted by Gasteiger charge is 2.31. The fourth-order valence-electron chi connectivity index (χ4n) is 4.86. The van der Waals surface area contributed by atoms with Crippen LogP contribution in [0.4, 0.5) is 17.1 Å². The lowest BCUT2D eigenvalue weighted by Crippen LogP contribution is -2.42. The largest absolute Gasteiger partial charge is 0.435 e. The van der Waals surface area contributed by atoms with Crippen molar-refractivity contribution in [1.29, 1.82) is 0 Å². The van der Waals surface area contributed by atoms with E-state index in [9.17, 15) is 0 Å². The number of aryl methyl sites for hydroxylation is 1. The third kappa shape index (κ3) is 2.51. The molecule has 1 unspecified atom stereocenters. The predicted octanol–water partition coefficient (Wildman–Crippen LogP) is 6.89. The molecule has 0 amide bonds. The SMILES string of the molecule is Cc1ccc2c(oc3ncccc32)c1N1c2ccccc2-c2ccccc2N(C)C1C. The van der Waals surface area contributed by atoms with Crippen LogP contribution in [0.1, 0.15) is 12.5 Å². The molecule has 4 heteroatoms. The van der Waals surface area contributed by atoms with E-state index in [1.807, 2.05) is 6.07 Å². The van der Waals surface area contributed by atoms with Gasteiger partial charge in [-0.1, -0.05) is 48.5 Å². The maximum atomic E-state index is 6.36. The molecule has 3 aromatic carbocycles. The average Bonchev–Trinajstić information content (AvgIpc) is 3.15. The lowest BCUT2D eigenvalue weighted by atomic mass is 10.0. The highest BCUT2D eigenvalue weighted by molar-refractivity contribution is 6.10. The molecule has 0 saturated carbocycles. The van der Waals surface area contributed by atoms with Crippen LogP contribution in [0.2, 0.25) is 0 Å². The summed E-state index contributed by atoms with van der Waals surface area (Å²) in [7, 11) is 2.16. The molecule has 31 heavy (non-hydrogen) atoms. The van der Waals surface area contributed by atoms with E-state index in [1.54, 1.807) is 6.20 Å². The van der Waals surface area contributed by atoms with Crippen molar-refractivity contribution in [2.75, 3.05) is 16.8 Å². The summed E-state index contributed by atoms with van der Waals surface area (Å²) in [6.45, 7) is 4.40. The van der Waals surface area contributed by atoms with Crippen molar-refractivity contribution in [2.45, 2.75) is 20.0 Å². The van der Waals surface area contributed by atoms with Crippen LogP contribution in [0.25, 0.3) is 33.2 Å². The maximum absolute atomic E-state index is 6.36. The van der Waals surface area contributed by atoms with E-state index in [0.717, 1.165) is 22.0 Å². The molecule has 2 aromatic heterocycles. The minimum Gasteiger partial charge on any atom is -0.435 e.